The predicted octanol–water partition coefficient (Wildman–Crippen LogP) is 3.43. The van der Waals surface area contributed by atoms with Crippen LogP contribution in [0.4, 0.5) is 0 Å². The summed E-state index contributed by atoms with van der Waals surface area (Å²) in [4.78, 5) is 4.53. The molecule has 3 rings (SSSR count). The van der Waals surface area contributed by atoms with E-state index in [0.717, 1.165) is 18.6 Å². The van der Waals surface area contributed by atoms with Crippen LogP contribution in [0.2, 0.25) is 0 Å². The van der Waals surface area contributed by atoms with Gasteiger partial charge >= 0.3 is 0 Å². The van der Waals surface area contributed by atoms with Crippen LogP contribution in [0.3, 0.4) is 0 Å². The van der Waals surface area contributed by atoms with Crippen molar-refractivity contribution in [3.05, 3.63) is 59.4 Å². The third-order valence-corrected chi connectivity index (χ3v) is 4.00. The Morgan fingerprint density at radius 3 is 3.05 bits per heavy atom. The number of hydrogen-bond acceptors (Lipinski definition) is 3. The molecule has 1 heterocycles. The van der Waals surface area contributed by atoms with Crippen molar-refractivity contribution in [2.75, 3.05) is 7.11 Å². The molecule has 0 aliphatic heterocycles. The molecular weight excluding hydrogens is 248 g/mol. The number of ether oxygens (including phenoxy) is 1. The van der Waals surface area contributed by atoms with Gasteiger partial charge in [0, 0.05) is 12.2 Å². The quantitative estimate of drug-likeness (QED) is 0.922. The third kappa shape index (κ3) is 2.54. The van der Waals surface area contributed by atoms with E-state index in [1.807, 2.05) is 24.4 Å². The number of aryl methyl sites for hydroxylation is 1. The topological polar surface area (TPSA) is 34.1 Å². The van der Waals surface area contributed by atoms with Crippen LogP contribution in [0.15, 0.2) is 42.6 Å². The van der Waals surface area contributed by atoms with Crippen LogP contribution in [0.5, 0.6) is 5.75 Å². The number of nitrogens with one attached hydrogen (secondary N) is 1. The van der Waals surface area contributed by atoms with Crippen molar-refractivity contribution in [2.24, 2.45) is 0 Å². The van der Waals surface area contributed by atoms with E-state index in [2.05, 4.69) is 35.4 Å². The summed E-state index contributed by atoms with van der Waals surface area (Å²) in [6.07, 6.45) is 4.13. The van der Waals surface area contributed by atoms with Crippen LogP contribution in [-0.4, -0.2) is 12.1 Å². The molecule has 1 aliphatic carbocycles. The van der Waals surface area contributed by atoms with Gasteiger partial charge in [-0.1, -0.05) is 18.2 Å². The summed E-state index contributed by atoms with van der Waals surface area (Å²) >= 11 is 0. The molecule has 1 aromatic heterocycles. The fourth-order valence-electron chi connectivity index (χ4n) is 2.88. The maximum absolute atomic E-state index is 5.29. The number of nitrogens with zero attached hydrogens (tertiary/aromatic N) is 1. The van der Waals surface area contributed by atoms with Crippen LogP contribution in [-0.2, 0) is 6.42 Å². The summed E-state index contributed by atoms with van der Waals surface area (Å²) in [5.41, 5.74) is 3.83. The first-order valence-electron chi connectivity index (χ1n) is 7.11. The minimum absolute atomic E-state index is 0.281. The van der Waals surface area contributed by atoms with Crippen LogP contribution < -0.4 is 10.1 Å². The van der Waals surface area contributed by atoms with Gasteiger partial charge < -0.3 is 10.1 Å². The Morgan fingerprint density at radius 2 is 2.20 bits per heavy atom. The van der Waals surface area contributed by atoms with Gasteiger partial charge in [0.15, 0.2) is 0 Å². The van der Waals surface area contributed by atoms with Gasteiger partial charge in [-0.3, -0.25) is 4.98 Å². The number of methoxy groups -OCH3 is 1. The van der Waals surface area contributed by atoms with E-state index in [-0.39, 0.29) is 6.04 Å². The molecule has 1 unspecified atom stereocenters. The lowest BCUT2D eigenvalue weighted by atomic mass is 10.1. The van der Waals surface area contributed by atoms with Crippen LogP contribution in [0, 0.1) is 0 Å². The zero-order valence-corrected chi connectivity index (χ0v) is 12.0. The summed E-state index contributed by atoms with van der Waals surface area (Å²) in [5, 5.41) is 3.68. The van der Waals surface area contributed by atoms with E-state index in [1.54, 1.807) is 7.11 Å². The molecule has 0 saturated heterocycles. The number of benzene rings is 1. The van der Waals surface area contributed by atoms with Gasteiger partial charge in [-0.05, 0) is 49.1 Å². The molecule has 104 valence electrons. The lowest BCUT2D eigenvalue weighted by Crippen LogP contribution is -2.23. The Hall–Kier alpha value is -1.87. The Kier molecular flexibility index (Phi) is 3.70. The second kappa shape index (κ2) is 5.63. The van der Waals surface area contributed by atoms with Crippen molar-refractivity contribution in [3.8, 4) is 5.75 Å². The van der Waals surface area contributed by atoms with Crippen molar-refractivity contribution in [1.29, 1.82) is 0 Å². The van der Waals surface area contributed by atoms with Crippen molar-refractivity contribution in [2.45, 2.75) is 31.8 Å². The van der Waals surface area contributed by atoms with Crippen LogP contribution >= 0.6 is 0 Å². The van der Waals surface area contributed by atoms with E-state index in [0.29, 0.717) is 6.04 Å². The second-order valence-corrected chi connectivity index (χ2v) is 5.30. The van der Waals surface area contributed by atoms with E-state index in [4.69, 9.17) is 4.74 Å². The Labute approximate surface area is 120 Å². The number of rotatable bonds is 4. The maximum Gasteiger partial charge on any atom is 0.119 e. The molecular formula is C17H20N2O. The van der Waals surface area contributed by atoms with E-state index >= 15 is 0 Å². The number of fused-ring (bicyclic) bond motifs is 1. The first kappa shape index (κ1) is 13.1. The Bertz CT molecular complexity index is 597. The molecule has 1 aromatic carbocycles. The fraction of sp³-hybridized carbons (Fsp3) is 0.353. The second-order valence-electron chi connectivity index (χ2n) is 5.30. The maximum atomic E-state index is 5.29. The highest BCUT2D eigenvalue weighted by atomic mass is 16.5. The molecule has 0 fully saturated rings. The first-order chi connectivity index (χ1) is 9.78. The number of pyridine rings is 1. The lowest BCUT2D eigenvalue weighted by molar-refractivity contribution is 0.411. The molecule has 1 aliphatic rings. The zero-order valence-electron chi connectivity index (χ0n) is 12.0. The van der Waals surface area contributed by atoms with Crippen LogP contribution in [0.1, 0.15) is 42.2 Å². The minimum atomic E-state index is 0.281. The SMILES string of the molecule is COc1cccc([C@H](C)NC2CCc3cccnc32)c1. The smallest absolute Gasteiger partial charge is 0.119 e. The van der Waals surface area contributed by atoms with Gasteiger partial charge in [-0.2, -0.15) is 0 Å². The van der Waals surface area contributed by atoms with Crippen molar-refractivity contribution in [1.82, 2.24) is 10.3 Å². The zero-order chi connectivity index (χ0) is 13.9. The molecule has 2 aromatic rings. The molecule has 20 heavy (non-hydrogen) atoms. The highest BCUT2D eigenvalue weighted by Crippen LogP contribution is 2.31. The van der Waals surface area contributed by atoms with Gasteiger partial charge in [0.05, 0.1) is 18.8 Å². The third-order valence-electron chi connectivity index (χ3n) is 4.00. The van der Waals surface area contributed by atoms with Crippen molar-refractivity contribution in [3.63, 3.8) is 0 Å². The van der Waals surface area contributed by atoms with Gasteiger partial charge in [0.25, 0.3) is 0 Å². The molecule has 0 bridgehead atoms. The average Bonchev–Trinajstić information content (AvgIpc) is 2.90. The molecule has 2 atom stereocenters. The average molecular weight is 268 g/mol. The molecule has 3 heteroatoms. The first-order valence-corrected chi connectivity index (χ1v) is 7.11. The van der Waals surface area contributed by atoms with Crippen molar-refractivity contribution < 1.29 is 4.74 Å². The molecule has 0 radical (unpaired) electrons. The molecule has 0 saturated carbocycles. The predicted molar refractivity (Wildman–Crippen MR) is 79.8 cm³/mol. The Balaban J connectivity index is 1.75. The largest absolute Gasteiger partial charge is 0.497 e. The normalized spacial score (nSPS) is 18.6. The van der Waals surface area contributed by atoms with Gasteiger partial charge in [-0.25, -0.2) is 0 Å². The van der Waals surface area contributed by atoms with Crippen molar-refractivity contribution >= 4 is 0 Å². The van der Waals surface area contributed by atoms with E-state index in [1.165, 1.54) is 16.8 Å². The fourth-order valence-corrected chi connectivity index (χ4v) is 2.88. The molecule has 0 spiro atoms. The highest BCUT2D eigenvalue weighted by molar-refractivity contribution is 5.32. The summed E-state index contributed by atoms with van der Waals surface area (Å²) < 4.78 is 5.29. The van der Waals surface area contributed by atoms with E-state index in [9.17, 15) is 0 Å². The van der Waals surface area contributed by atoms with Gasteiger partial charge in [0.1, 0.15) is 5.75 Å². The highest BCUT2D eigenvalue weighted by Gasteiger charge is 2.24. The summed E-state index contributed by atoms with van der Waals surface area (Å²) in [5.74, 6) is 0.904. The monoisotopic (exact) mass is 268 g/mol. The Morgan fingerprint density at radius 1 is 1.30 bits per heavy atom. The summed E-state index contributed by atoms with van der Waals surface area (Å²) in [6, 6.07) is 13.1. The molecule has 0 amide bonds. The lowest BCUT2D eigenvalue weighted by Gasteiger charge is -2.20. The van der Waals surface area contributed by atoms with Crippen LogP contribution in [0.25, 0.3) is 0 Å². The number of aromatic nitrogens is 1. The minimum Gasteiger partial charge on any atom is -0.497 e. The summed E-state index contributed by atoms with van der Waals surface area (Å²) in [6.45, 7) is 2.19. The summed E-state index contributed by atoms with van der Waals surface area (Å²) in [7, 11) is 1.70. The molecule has 1 N–H and O–H groups in total. The van der Waals surface area contributed by atoms with E-state index < -0.39 is 0 Å². The standard InChI is InChI=1S/C17H20N2O/c1-12(14-5-3-7-15(11-14)20-2)19-16-9-8-13-6-4-10-18-17(13)16/h3-7,10-12,16,19H,8-9H2,1-2H3/t12-,16?/m0/s1. The van der Waals surface area contributed by atoms with Gasteiger partial charge in [0.2, 0.25) is 0 Å². The molecule has 3 nitrogen and oxygen atoms in total. The van der Waals surface area contributed by atoms with Gasteiger partial charge in [-0.15, -0.1) is 0 Å². The number of hydrogen-bond donors (Lipinski definition) is 1.